The van der Waals surface area contributed by atoms with E-state index in [0.717, 1.165) is 52.0 Å². The molecule has 6 heteroatoms. The number of H-pyrrole nitrogens is 1. The van der Waals surface area contributed by atoms with Crippen molar-refractivity contribution in [3.63, 3.8) is 0 Å². The second-order valence-electron chi connectivity index (χ2n) is 8.07. The maximum Gasteiger partial charge on any atom is 0.257 e. The van der Waals surface area contributed by atoms with Crippen LogP contribution in [-0.4, -0.2) is 19.7 Å². The number of hydrogen-bond acceptors (Lipinski definition) is 4. The van der Waals surface area contributed by atoms with Gasteiger partial charge in [-0.05, 0) is 23.6 Å². The van der Waals surface area contributed by atoms with E-state index in [1.165, 1.54) is 0 Å². The van der Waals surface area contributed by atoms with Crippen molar-refractivity contribution in [1.29, 1.82) is 0 Å². The molecule has 0 aliphatic heterocycles. The van der Waals surface area contributed by atoms with Crippen LogP contribution in [0.5, 0.6) is 0 Å². The van der Waals surface area contributed by atoms with Gasteiger partial charge < -0.3 is 10.7 Å². The van der Waals surface area contributed by atoms with Gasteiger partial charge in [0.15, 0.2) is 0 Å². The van der Waals surface area contributed by atoms with Gasteiger partial charge in [-0.2, -0.15) is 5.10 Å². The number of fused-ring (bicyclic) bond motifs is 1. The number of benzene rings is 2. The Kier molecular flexibility index (Phi) is 5.59. The lowest BCUT2D eigenvalue weighted by Crippen LogP contribution is -2.08. The topological polar surface area (TPSA) is 89.6 Å². The second kappa shape index (κ2) is 8.84. The van der Waals surface area contributed by atoms with Crippen LogP contribution in [0.3, 0.4) is 0 Å². The van der Waals surface area contributed by atoms with Crippen molar-refractivity contribution in [3.05, 3.63) is 95.2 Å². The highest BCUT2D eigenvalue weighted by atomic mass is 16.1. The molecule has 5 aromatic rings. The van der Waals surface area contributed by atoms with Crippen LogP contribution in [0.25, 0.3) is 44.4 Å². The number of aromatic nitrogens is 4. The first-order chi connectivity index (χ1) is 16.2. The zero-order valence-corrected chi connectivity index (χ0v) is 18.5. The molecule has 0 aliphatic rings. The first kappa shape index (κ1) is 20.8. The van der Waals surface area contributed by atoms with Gasteiger partial charge in [-0.3, -0.25) is 9.48 Å². The van der Waals surface area contributed by atoms with E-state index in [1.54, 1.807) is 6.20 Å². The van der Waals surface area contributed by atoms with Crippen molar-refractivity contribution in [1.82, 2.24) is 19.7 Å². The van der Waals surface area contributed by atoms with Crippen LogP contribution in [0.4, 0.5) is 0 Å². The van der Waals surface area contributed by atoms with Gasteiger partial charge >= 0.3 is 0 Å². The maximum atomic E-state index is 12.9. The summed E-state index contributed by atoms with van der Waals surface area (Å²) >= 11 is 0. The van der Waals surface area contributed by atoms with Crippen LogP contribution in [0.2, 0.25) is 0 Å². The molecule has 0 fully saturated rings. The summed E-state index contributed by atoms with van der Waals surface area (Å²) < 4.78 is 1.91. The molecule has 0 spiro atoms. The van der Waals surface area contributed by atoms with Crippen molar-refractivity contribution in [3.8, 4) is 33.5 Å². The lowest BCUT2D eigenvalue weighted by atomic mass is 9.96. The molecule has 33 heavy (non-hydrogen) atoms. The van der Waals surface area contributed by atoms with Gasteiger partial charge in [0.05, 0.1) is 22.8 Å². The summed E-state index contributed by atoms with van der Waals surface area (Å²) in [6, 6.07) is 20.1. The molecule has 2 aromatic carbocycles. The van der Waals surface area contributed by atoms with Gasteiger partial charge in [0, 0.05) is 47.7 Å². The van der Waals surface area contributed by atoms with E-state index in [-0.39, 0.29) is 5.56 Å². The Labute approximate surface area is 191 Å². The van der Waals surface area contributed by atoms with E-state index in [0.29, 0.717) is 17.4 Å². The van der Waals surface area contributed by atoms with E-state index in [1.807, 2.05) is 77.7 Å². The highest BCUT2D eigenvalue weighted by Crippen LogP contribution is 2.35. The maximum absolute atomic E-state index is 12.9. The third kappa shape index (κ3) is 3.97. The normalized spacial score (nSPS) is 11.2. The summed E-state index contributed by atoms with van der Waals surface area (Å²) in [6.07, 6.45) is 6.55. The predicted molar refractivity (Wildman–Crippen MR) is 133 cm³/mol. The largest absolute Gasteiger partial charge is 0.328 e. The van der Waals surface area contributed by atoms with E-state index < -0.39 is 0 Å². The number of pyridine rings is 2. The summed E-state index contributed by atoms with van der Waals surface area (Å²) in [6.45, 7) is 3.44. The highest BCUT2D eigenvalue weighted by Gasteiger charge is 2.17. The average Bonchev–Trinajstić information content (AvgIpc) is 3.33. The number of nitrogens with two attached hydrogens (primary N) is 1. The fourth-order valence-electron chi connectivity index (χ4n) is 4.11. The van der Waals surface area contributed by atoms with E-state index in [4.69, 9.17) is 10.7 Å². The molecule has 0 aliphatic carbocycles. The van der Waals surface area contributed by atoms with Gasteiger partial charge in [-0.1, -0.05) is 61.5 Å². The van der Waals surface area contributed by atoms with Gasteiger partial charge in [0.25, 0.3) is 5.56 Å². The Hall–Kier alpha value is -4.03. The minimum atomic E-state index is -0.163. The third-order valence-corrected chi connectivity index (χ3v) is 5.81. The van der Waals surface area contributed by atoms with Crippen LogP contribution < -0.4 is 11.3 Å². The quantitative estimate of drug-likeness (QED) is 0.393. The molecule has 164 valence electrons. The summed E-state index contributed by atoms with van der Waals surface area (Å²) in [5.41, 5.74) is 12.8. The molecule has 0 radical (unpaired) electrons. The van der Waals surface area contributed by atoms with Gasteiger partial charge in [0.2, 0.25) is 0 Å². The van der Waals surface area contributed by atoms with Crippen LogP contribution >= 0.6 is 0 Å². The van der Waals surface area contributed by atoms with Gasteiger partial charge in [-0.15, -0.1) is 0 Å². The fourth-order valence-corrected chi connectivity index (χ4v) is 4.11. The summed E-state index contributed by atoms with van der Waals surface area (Å²) in [4.78, 5) is 20.8. The Morgan fingerprint density at radius 1 is 0.970 bits per heavy atom. The molecule has 0 atom stereocenters. The van der Waals surface area contributed by atoms with Crippen molar-refractivity contribution >= 4 is 10.9 Å². The zero-order valence-electron chi connectivity index (χ0n) is 18.5. The van der Waals surface area contributed by atoms with Crippen molar-refractivity contribution in [2.45, 2.75) is 26.4 Å². The Balaban J connectivity index is 1.79. The van der Waals surface area contributed by atoms with E-state index >= 15 is 0 Å². The molecule has 0 bridgehead atoms. The van der Waals surface area contributed by atoms with Gasteiger partial charge in [-0.25, -0.2) is 4.98 Å². The standard InChI is InChI=1S/C27H25N5O/c1-2-12-32-17-21(15-30-32)24-16-29-27(33)23-13-22(19-6-4-3-5-7-19)25(31-26(23)24)20-10-8-18(14-28)9-11-20/h3-11,13,15-17H,2,12,14,28H2,1H3,(H,29,33). The van der Waals surface area contributed by atoms with Gasteiger partial charge in [0.1, 0.15) is 0 Å². The first-order valence-corrected chi connectivity index (χ1v) is 11.1. The summed E-state index contributed by atoms with van der Waals surface area (Å²) in [5, 5.41) is 5.01. The molecule has 0 saturated heterocycles. The molecule has 0 unspecified atom stereocenters. The number of hydrogen-bond donors (Lipinski definition) is 2. The Morgan fingerprint density at radius 2 is 1.76 bits per heavy atom. The van der Waals surface area contributed by atoms with Crippen LogP contribution in [0.15, 0.2) is 84.0 Å². The van der Waals surface area contributed by atoms with Crippen LogP contribution in [0.1, 0.15) is 18.9 Å². The molecular formula is C27H25N5O. The lowest BCUT2D eigenvalue weighted by molar-refractivity contribution is 0.603. The molecule has 0 saturated carbocycles. The Bertz CT molecular complexity index is 1470. The average molecular weight is 436 g/mol. The number of nitrogens with one attached hydrogen (secondary N) is 1. The summed E-state index contributed by atoms with van der Waals surface area (Å²) in [5.74, 6) is 0. The van der Waals surface area contributed by atoms with Crippen molar-refractivity contribution in [2.24, 2.45) is 5.73 Å². The molecule has 5 rings (SSSR count). The SMILES string of the molecule is CCCn1cc(-c2c[nH]c(=O)c3cc(-c4ccccc4)c(-c4ccc(CN)cc4)nc23)cn1. The van der Waals surface area contributed by atoms with E-state index in [2.05, 4.69) is 17.0 Å². The van der Waals surface area contributed by atoms with Crippen LogP contribution in [0, 0.1) is 0 Å². The lowest BCUT2D eigenvalue weighted by Gasteiger charge is -2.13. The molecule has 0 amide bonds. The second-order valence-corrected chi connectivity index (χ2v) is 8.07. The number of nitrogens with zero attached hydrogens (tertiary/aromatic N) is 3. The third-order valence-electron chi connectivity index (χ3n) is 5.81. The zero-order chi connectivity index (χ0) is 22.8. The predicted octanol–water partition coefficient (Wildman–Crippen LogP) is 4.99. The minimum absolute atomic E-state index is 0.163. The number of rotatable bonds is 6. The number of aryl methyl sites for hydroxylation is 1. The molecule has 3 heterocycles. The van der Waals surface area contributed by atoms with E-state index in [9.17, 15) is 4.79 Å². The number of aromatic amines is 1. The Morgan fingerprint density at radius 3 is 2.48 bits per heavy atom. The smallest absolute Gasteiger partial charge is 0.257 e. The summed E-state index contributed by atoms with van der Waals surface area (Å²) in [7, 11) is 0. The molecular weight excluding hydrogens is 410 g/mol. The fraction of sp³-hybridized carbons (Fsp3) is 0.148. The highest BCUT2D eigenvalue weighted by molar-refractivity contribution is 5.98. The van der Waals surface area contributed by atoms with Crippen molar-refractivity contribution < 1.29 is 0 Å². The molecule has 3 aromatic heterocycles. The minimum Gasteiger partial charge on any atom is -0.328 e. The van der Waals surface area contributed by atoms with Crippen molar-refractivity contribution in [2.75, 3.05) is 0 Å². The monoisotopic (exact) mass is 435 g/mol. The molecule has 3 N–H and O–H groups in total. The first-order valence-electron chi connectivity index (χ1n) is 11.1. The molecule has 6 nitrogen and oxygen atoms in total. The van der Waals surface area contributed by atoms with Crippen LogP contribution in [-0.2, 0) is 13.1 Å².